The molecule has 18 heavy (non-hydrogen) atoms. The predicted molar refractivity (Wildman–Crippen MR) is 77.7 cm³/mol. The van der Waals surface area contributed by atoms with Crippen molar-refractivity contribution in [2.75, 3.05) is 33.2 Å². The molecule has 0 aromatic rings. The van der Waals surface area contributed by atoms with E-state index in [2.05, 4.69) is 37.6 Å². The van der Waals surface area contributed by atoms with Crippen LogP contribution in [-0.4, -0.2) is 54.6 Å². The molecule has 1 saturated carbocycles. The van der Waals surface area contributed by atoms with Crippen molar-refractivity contribution in [1.29, 1.82) is 0 Å². The van der Waals surface area contributed by atoms with Crippen molar-refractivity contribution in [3.63, 3.8) is 0 Å². The Morgan fingerprint density at radius 1 is 1.22 bits per heavy atom. The van der Waals surface area contributed by atoms with E-state index in [1.807, 2.05) is 0 Å². The van der Waals surface area contributed by atoms with E-state index >= 15 is 0 Å². The smallest absolute Gasteiger partial charge is 0.0383 e. The van der Waals surface area contributed by atoms with E-state index in [0.717, 1.165) is 6.54 Å². The van der Waals surface area contributed by atoms with Crippen LogP contribution in [0.2, 0.25) is 0 Å². The molecule has 3 heteroatoms. The van der Waals surface area contributed by atoms with Crippen LogP contribution in [0.5, 0.6) is 0 Å². The lowest BCUT2D eigenvalue weighted by Gasteiger charge is -2.53. The molecule has 0 aromatic carbocycles. The van der Waals surface area contributed by atoms with Gasteiger partial charge in [-0.25, -0.2) is 0 Å². The molecule has 0 radical (unpaired) electrons. The summed E-state index contributed by atoms with van der Waals surface area (Å²) < 4.78 is 0. The first kappa shape index (κ1) is 14.3. The van der Waals surface area contributed by atoms with Crippen molar-refractivity contribution < 1.29 is 0 Å². The summed E-state index contributed by atoms with van der Waals surface area (Å²) in [5.74, 6) is 0. The van der Waals surface area contributed by atoms with Crippen molar-refractivity contribution in [1.82, 2.24) is 9.80 Å². The summed E-state index contributed by atoms with van der Waals surface area (Å²) in [6, 6.07) is 0.707. The minimum absolute atomic E-state index is 0.252. The normalized spacial score (nSPS) is 38.2. The summed E-state index contributed by atoms with van der Waals surface area (Å²) >= 11 is 0. The maximum atomic E-state index is 6.24. The van der Waals surface area contributed by atoms with Gasteiger partial charge in [-0.05, 0) is 31.7 Å². The van der Waals surface area contributed by atoms with Gasteiger partial charge in [-0.1, -0.05) is 27.2 Å². The molecule has 1 heterocycles. The number of rotatable bonds is 3. The van der Waals surface area contributed by atoms with Crippen molar-refractivity contribution in [2.24, 2.45) is 11.1 Å². The summed E-state index contributed by atoms with van der Waals surface area (Å²) in [6.07, 6.45) is 5.20. The number of hydrogen-bond donors (Lipinski definition) is 1. The number of piperazine rings is 1. The first-order valence-electron chi connectivity index (χ1n) is 7.62. The van der Waals surface area contributed by atoms with Gasteiger partial charge in [0.15, 0.2) is 0 Å². The molecule has 3 nitrogen and oxygen atoms in total. The quantitative estimate of drug-likeness (QED) is 0.834. The van der Waals surface area contributed by atoms with Crippen LogP contribution in [0.15, 0.2) is 0 Å². The van der Waals surface area contributed by atoms with Gasteiger partial charge in [0, 0.05) is 37.8 Å². The molecule has 1 aliphatic heterocycles. The Bertz CT molecular complexity index is 289. The summed E-state index contributed by atoms with van der Waals surface area (Å²) in [4.78, 5) is 5.25. The lowest BCUT2D eigenvalue weighted by atomic mass is 9.73. The molecular weight excluding hydrogens is 222 g/mol. The van der Waals surface area contributed by atoms with Gasteiger partial charge in [-0.15, -0.1) is 0 Å². The highest BCUT2D eigenvalue weighted by molar-refractivity contribution is 5.08. The summed E-state index contributed by atoms with van der Waals surface area (Å²) in [5.41, 5.74) is 6.86. The Hall–Kier alpha value is -0.120. The number of nitrogens with zero attached hydrogens (tertiary/aromatic N) is 2. The molecular formula is C15H31N3. The Balaban J connectivity index is 2.18. The van der Waals surface area contributed by atoms with Gasteiger partial charge in [0.05, 0.1) is 0 Å². The summed E-state index contributed by atoms with van der Waals surface area (Å²) in [6.45, 7) is 11.6. The topological polar surface area (TPSA) is 32.5 Å². The molecule has 2 N–H and O–H groups in total. The van der Waals surface area contributed by atoms with Crippen LogP contribution < -0.4 is 5.73 Å². The highest BCUT2D eigenvalue weighted by Crippen LogP contribution is 2.49. The minimum Gasteiger partial charge on any atom is -0.329 e. The SMILES string of the molecule is CCC1CN(C2(CN)CCCC2(C)C)CCN1C. The van der Waals surface area contributed by atoms with Gasteiger partial charge in [-0.2, -0.15) is 0 Å². The lowest BCUT2D eigenvalue weighted by molar-refractivity contribution is -0.0359. The molecule has 1 aliphatic carbocycles. The van der Waals surface area contributed by atoms with E-state index in [4.69, 9.17) is 5.73 Å². The largest absolute Gasteiger partial charge is 0.329 e. The zero-order valence-corrected chi connectivity index (χ0v) is 12.7. The van der Waals surface area contributed by atoms with Crippen LogP contribution in [-0.2, 0) is 0 Å². The molecule has 1 saturated heterocycles. The van der Waals surface area contributed by atoms with Crippen LogP contribution in [0, 0.1) is 5.41 Å². The summed E-state index contributed by atoms with van der Waals surface area (Å²) in [7, 11) is 2.26. The second kappa shape index (κ2) is 5.10. The van der Waals surface area contributed by atoms with E-state index in [9.17, 15) is 0 Å². The highest BCUT2D eigenvalue weighted by Gasteiger charge is 2.52. The van der Waals surface area contributed by atoms with E-state index in [0.29, 0.717) is 11.5 Å². The number of likely N-dealkylation sites (N-methyl/N-ethyl adjacent to an activating group) is 1. The van der Waals surface area contributed by atoms with E-state index in [1.54, 1.807) is 0 Å². The molecule has 2 atom stereocenters. The maximum Gasteiger partial charge on any atom is 0.0383 e. The Labute approximate surface area is 113 Å². The van der Waals surface area contributed by atoms with Crippen molar-refractivity contribution in [3.8, 4) is 0 Å². The Morgan fingerprint density at radius 2 is 1.94 bits per heavy atom. The van der Waals surface area contributed by atoms with E-state index in [-0.39, 0.29) is 5.54 Å². The highest BCUT2D eigenvalue weighted by atomic mass is 15.3. The monoisotopic (exact) mass is 253 g/mol. The maximum absolute atomic E-state index is 6.24. The fraction of sp³-hybridized carbons (Fsp3) is 1.00. The second-order valence-corrected chi connectivity index (χ2v) is 6.96. The fourth-order valence-electron chi connectivity index (χ4n) is 4.26. The third-order valence-corrected chi connectivity index (χ3v) is 5.84. The van der Waals surface area contributed by atoms with Crippen LogP contribution in [0.3, 0.4) is 0 Å². The van der Waals surface area contributed by atoms with Gasteiger partial charge in [0.2, 0.25) is 0 Å². The standard InChI is InChI=1S/C15H31N3/c1-5-13-11-18(10-9-17(13)4)15(12-16)8-6-7-14(15,2)3/h13H,5-12,16H2,1-4H3. The lowest BCUT2D eigenvalue weighted by Crippen LogP contribution is -2.65. The first-order valence-corrected chi connectivity index (χ1v) is 7.62. The first-order chi connectivity index (χ1) is 8.47. The van der Waals surface area contributed by atoms with Gasteiger partial charge in [0.25, 0.3) is 0 Å². The molecule has 0 amide bonds. The van der Waals surface area contributed by atoms with Crippen molar-refractivity contribution in [2.45, 2.75) is 58.0 Å². The van der Waals surface area contributed by atoms with Gasteiger partial charge >= 0.3 is 0 Å². The minimum atomic E-state index is 0.252. The average Bonchev–Trinajstić information content (AvgIpc) is 2.65. The second-order valence-electron chi connectivity index (χ2n) is 6.96. The predicted octanol–water partition coefficient (Wildman–Crippen LogP) is 1.92. The van der Waals surface area contributed by atoms with Gasteiger partial charge < -0.3 is 10.6 Å². The average molecular weight is 253 g/mol. The zero-order chi connectivity index (χ0) is 13.4. The van der Waals surface area contributed by atoms with Crippen LogP contribution in [0.4, 0.5) is 0 Å². The molecule has 0 bridgehead atoms. The van der Waals surface area contributed by atoms with Crippen LogP contribution >= 0.6 is 0 Å². The van der Waals surface area contributed by atoms with E-state index < -0.39 is 0 Å². The third kappa shape index (κ3) is 2.10. The fourth-order valence-corrected chi connectivity index (χ4v) is 4.26. The van der Waals surface area contributed by atoms with Crippen LogP contribution in [0.1, 0.15) is 46.5 Å². The molecule has 2 unspecified atom stereocenters. The van der Waals surface area contributed by atoms with Crippen LogP contribution in [0.25, 0.3) is 0 Å². The van der Waals surface area contributed by atoms with Gasteiger partial charge in [0.1, 0.15) is 0 Å². The van der Waals surface area contributed by atoms with Crippen molar-refractivity contribution >= 4 is 0 Å². The number of nitrogens with two attached hydrogens (primary N) is 1. The zero-order valence-electron chi connectivity index (χ0n) is 12.7. The number of hydrogen-bond acceptors (Lipinski definition) is 3. The summed E-state index contributed by atoms with van der Waals surface area (Å²) in [5, 5.41) is 0. The Morgan fingerprint density at radius 3 is 2.44 bits per heavy atom. The molecule has 0 aromatic heterocycles. The van der Waals surface area contributed by atoms with Crippen molar-refractivity contribution in [3.05, 3.63) is 0 Å². The molecule has 0 spiro atoms. The Kier molecular flexibility index (Phi) is 4.05. The van der Waals surface area contributed by atoms with E-state index in [1.165, 1.54) is 45.3 Å². The molecule has 2 rings (SSSR count). The molecule has 2 fully saturated rings. The third-order valence-electron chi connectivity index (χ3n) is 5.84. The molecule has 106 valence electrons. The molecule has 2 aliphatic rings. The van der Waals surface area contributed by atoms with Gasteiger partial charge in [-0.3, -0.25) is 4.90 Å².